The largest absolute Gasteiger partial charge is 0.490 e. The zero-order chi connectivity index (χ0) is 16.1. The Kier molecular flexibility index (Phi) is 5.86. The minimum absolute atomic E-state index is 0.296. The molecular weight excluding hydrogens is 294 g/mol. The molecule has 0 saturated carbocycles. The van der Waals surface area contributed by atoms with Crippen molar-refractivity contribution in [3.05, 3.63) is 52.7 Å². The number of benzene rings is 1. The molecule has 3 nitrogen and oxygen atoms in total. The standard InChI is InChI=1S/C18H23NO2S/c1-12-5-8-17(19-9-12)22-11-16(20)10-21-18-14(3)7-6-13(2)15(18)4/h5-9,16,20H,10-11H2,1-4H3. The maximum atomic E-state index is 10.1. The maximum Gasteiger partial charge on any atom is 0.125 e. The van der Waals surface area contributed by atoms with Crippen LogP contribution in [0.15, 0.2) is 35.5 Å². The molecule has 0 aliphatic heterocycles. The molecule has 0 aliphatic carbocycles. The van der Waals surface area contributed by atoms with E-state index in [1.54, 1.807) is 11.8 Å². The molecule has 1 atom stereocenters. The number of aliphatic hydroxyl groups is 1. The number of aliphatic hydroxyl groups excluding tert-OH is 1. The molecule has 1 N–H and O–H groups in total. The van der Waals surface area contributed by atoms with Crippen molar-refractivity contribution >= 4 is 11.8 Å². The lowest BCUT2D eigenvalue weighted by Crippen LogP contribution is -2.20. The molecular formula is C18H23NO2S. The summed E-state index contributed by atoms with van der Waals surface area (Å²) in [6.07, 6.45) is 1.32. The van der Waals surface area contributed by atoms with Crippen molar-refractivity contribution < 1.29 is 9.84 Å². The molecule has 0 spiro atoms. The highest BCUT2D eigenvalue weighted by atomic mass is 32.2. The van der Waals surface area contributed by atoms with E-state index in [4.69, 9.17) is 4.74 Å². The van der Waals surface area contributed by atoms with Gasteiger partial charge in [-0.05, 0) is 56.0 Å². The monoisotopic (exact) mass is 317 g/mol. The lowest BCUT2D eigenvalue weighted by atomic mass is 10.1. The number of nitrogens with zero attached hydrogens (tertiary/aromatic N) is 1. The Morgan fingerprint density at radius 3 is 2.50 bits per heavy atom. The number of hydrogen-bond donors (Lipinski definition) is 1. The molecule has 0 radical (unpaired) electrons. The van der Waals surface area contributed by atoms with Gasteiger partial charge in [-0.2, -0.15) is 0 Å². The first-order valence-corrected chi connectivity index (χ1v) is 8.39. The van der Waals surface area contributed by atoms with Crippen LogP contribution in [0.1, 0.15) is 22.3 Å². The number of rotatable bonds is 6. The van der Waals surface area contributed by atoms with E-state index < -0.39 is 6.10 Å². The first kappa shape index (κ1) is 16.8. The van der Waals surface area contributed by atoms with Gasteiger partial charge in [0.05, 0.1) is 11.1 Å². The second kappa shape index (κ2) is 7.65. The quantitative estimate of drug-likeness (QED) is 0.822. The molecule has 1 aromatic carbocycles. The summed E-state index contributed by atoms with van der Waals surface area (Å²) in [5.74, 6) is 1.46. The van der Waals surface area contributed by atoms with Crippen LogP contribution in [0.2, 0.25) is 0 Å². The van der Waals surface area contributed by atoms with Crippen molar-refractivity contribution in [3.8, 4) is 5.75 Å². The highest BCUT2D eigenvalue weighted by Crippen LogP contribution is 2.26. The molecule has 118 valence electrons. The van der Waals surface area contributed by atoms with Gasteiger partial charge >= 0.3 is 0 Å². The second-order valence-corrected chi connectivity index (χ2v) is 6.64. The van der Waals surface area contributed by atoms with Crippen molar-refractivity contribution in [2.75, 3.05) is 12.4 Å². The van der Waals surface area contributed by atoms with Crippen LogP contribution in [-0.4, -0.2) is 28.6 Å². The van der Waals surface area contributed by atoms with E-state index in [2.05, 4.69) is 31.0 Å². The van der Waals surface area contributed by atoms with Crippen molar-refractivity contribution in [2.24, 2.45) is 0 Å². The Bertz CT molecular complexity index is 626. The maximum absolute atomic E-state index is 10.1. The third-order valence-electron chi connectivity index (χ3n) is 3.60. The summed E-state index contributed by atoms with van der Waals surface area (Å²) in [5.41, 5.74) is 4.58. The number of hydrogen-bond acceptors (Lipinski definition) is 4. The van der Waals surface area contributed by atoms with Gasteiger partial charge in [-0.3, -0.25) is 0 Å². The molecule has 22 heavy (non-hydrogen) atoms. The van der Waals surface area contributed by atoms with Crippen LogP contribution in [0.3, 0.4) is 0 Å². The molecule has 2 aromatic rings. The van der Waals surface area contributed by atoms with E-state index in [9.17, 15) is 5.11 Å². The summed E-state index contributed by atoms with van der Waals surface area (Å²) < 4.78 is 5.83. The van der Waals surface area contributed by atoms with Crippen molar-refractivity contribution in [2.45, 2.75) is 38.8 Å². The number of ether oxygens (including phenoxy) is 1. The molecule has 1 unspecified atom stereocenters. The van der Waals surface area contributed by atoms with Crippen molar-refractivity contribution in [3.63, 3.8) is 0 Å². The Morgan fingerprint density at radius 1 is 1.09 bits per heavy atom. The van der Waals surface area contributed by atoms with Gasteiger partial charge in [-0.1, -0.05) is 18.2 Å². The average Bonchev–Trinajstić information content (AvgIpc) is 2.50. The fourth-order valence-electron chi connectivity index (χ4n) is 2.10. The van der Waals surface area contributed by atoms with Gasteiger partial charge in [-0.15, -0.1) is 11.8 Å². The van der Waals surface area contributed by atoms with Gasteiger partial charge in [-0.25, -0.2) is 4.98 Å². The van der Waals surface area contributed by atoms with Gasteiger partial charge in [0.2, 0.25) is 0 Å². The van der Waals surface area contributed by atoms with E-state index in [-0.39, 0.29) is 0 Å². The smallest absolute Gasteiger partial charge is 0.125 e. The zero-order valence-electron chi connectivity index (χ0n) is 13.6. The fraction of sp³-hybridized carbons (Fsp3) is 0.389. The molecule has 4 heteroatoms. The highest BCUT2D eigenvalue weighted by molar-refractivity contribution is 7.99. The van der Waals surface area contributed by atoms with E-state index >= 15 is 0 Å². The summed E-state index contributed by atoms with van der Waals surface area (Å²) in [6, 6.07) is 8.14. The fourth-order valence-corrected chi connectivity index (χ4v) is 2.85. The summed E-state index contributed by atoms with van der Waals surface area (Å²) >= 11 is 1.54. The van der Waals surface area contributed by atoms with Crippen LogP contribution in [0.25, 0.3) is 0 Å². The lowest BCUT2D eigenvalue weighted by Gasteiger charge is -2.16. The minimum atomic E-state index is -0.521. The summed E-state index contributed by atoms with van der Waals surface area (Å²) in [7, 11) is 0. The molecule has 0 amide bonds. The molecule has 0 saturated heterocycles. The molecule has 0 fully saturated rings. The normalized spacial score (nSPS) is 12.2. The molecule has 2 rings (SSSR count). The summed E-state index contributed by atoms with van der Waals surface area (Å²) in [5, 5.41) is 11.0. The molecule has 1 aromatic heterocycles. The van der Waals surface area contributed by atoms with Crippen LogP contribution in [0, 0.1) is 27.7 Å². The molecule has 0 bridgehead atoms. The van der Waals surface area contributed by atoms with Gasteiger partial charge < -0.3 is 9.84 Å². The molecule has 1 heterocycles. The number of aryl methyl sites for hydroxylation is 3. The van der Waals surface area contributed by atoms with Crippen molar-refractivity contribution in [1.29, 1.82) is 0 Å². The first-order chi connectivity index (χ1) is 10.5. The van der Waals surface area contributed by atoms with Crippen LogP contribution >= 0.6 is 11.8 Å². The Hall–Kier alpha value is -1.52. The van der Waals surface area contributed by atoms with Gasteiger partial charge in [0.25, 0.3) is 0 Å². The van der Waals surface area contributed by atoms with Crippen LogP contribution in [0.5, 0.6) is 5.75 Å². The predicted octanol–water partition coefficient (Wildman–Crippen LogP) is 3.85. The van der Waals surface area contributed by atoms with E-state index in [0.717, 1.165) is 27.5 Å². The van der Waals surface area contributed by atoms with Crippen LogP contribution < -0.4 is 4.74 Å². The Balaban J connectivity index is 1.86. The number of pyridine rings is 1. The van der Waals surface area contributed by atoms with Gasteiger partial charge in [0.15, 0.2) is 0 Å². The van der Waals surface area contributed by atoms with Gasteiger partial charge in [0, 0.05) is 11.9 Å². The first-order valence-electron chi connectivity index (χ1n) is 7.40. The van der Waals surface area contributed by atoms with E-state index in [1.165, 1.54) is 5.56 Å². The predicted molar refractivity (Wildman–Crippen MR) is 91.9 cm³/mol. The average molecular weight is 317 g/mol. The SMILES string of the molecule is Cc1ccc(SCC(O)COc2c(C)ccc(C)c2C)nc1. The molecule has 0 aliphatic rings. The third-order valence-corrected chi connectivity index (χ3v) is 4.69. The number of thioether (sulfide) groups is 1. The summed E-state index contributed by atoms with van der Waals surface area (Å²) in [4.78, 5) is 4.32. The topological polar surface area (TPSA) is 42.4 Å². The Morgan fingerprint density at radius 2 is 1.82 bits per heavy atom. The minimum Gasteiger partial charge on any atom is -0.490 e. The second-order valence-electron chi connectivity index (χ2n) is 5.60. The Labute approximate surface area is 136 Å². The van der Waals surface area contributed by atoms with Gasteiger partial charge in [0.1, 0.15) is 12.4 Å². The summed E-state index contributed by atoms with van der Waals surface area (Å²) in [6.45, 7) is 8.45. The lowest BCUT2D eigenvalue weighted by molar-refractivity contribution is 0.125. The third kappa shape index (κ3) is 4.49. The van der Waals surface area contributed by atoms with E-state index in [1.807, 2.05) is 32.2 Å². The van der Waals surface area contributed by atoms with Crippen molar-refractivity contribution in [1.82, 2.24) is 4.98 Å². The highest BCUT2D eigenvalue weighted by Gasteiger charge is 2.11. The number of aromatic nitrogens is 1. The van der Waals surface area contributed by atoms with Crippen LogP contribution in [-0.2, 0) is 0 Å². The van der Waals surface area contributed by atoms with E-state index in [0.29, 0.717) is 12.4 Å². The van der Waals surface area contributed by atoms with Crippen LogP contribution in [0.4, 0.5) is 0 Å². The zero-order valence-corrected chi connectivity index (χ0v) is 14.4.